The third kappa shape index (κ3) is 3.46. The number of morpholine rings is 1. The Labute approximate surface area is 130 Å². The van der Waals surface area contributed by atoms with E-state index in [2.05, 4.69) is 4.90 Å². The smallest absolute Gasteiger partial charge is 0.343 e. The third-order valence-electron chi connectivity index (χ3n) is 3.71. The van der Waals surface area contributed by atoms with Crippen molar-refractivity contribution in [3.05, 3.63) is 59.7 Å². The van der Waals surface area contributed by atoms with Gasteiger partial charge < -0.3 is 14.4 Å². The summed E-state index contributed by atoms with van der Waals surface area (Å²) in [5.74, 6) is 0.227. The fraction of sp³-hybridized carbons (Fsp3) is 0.278. The molecule has 114 valence electrons. The van der Waals surface area contributed by atoms with Crippen molar-refractivity contribution in [2.45, 2.75) is 6.92 Å². The molecule has 0 amide bonds. The van der Waals surface area contributed by atoms with Crippen LogP contribution in [0.2, 0.25) is 0 Å². The van der Waals surface area contributed by atoms with E-state index in [1.807, 2.05) is 31.2 Å². The molecule has 0 bridgehead atoms. The third-order valence-corrected chi connectivity index (χ3v) is 3.71. The molecular formula is C18H19NO3. The molecule has 1 aliphatic rings. The Hall–Kier alpha value is -2.33. The molecule has 3 rings (SSSR count). The predicted octanol–water partition coefficient (Wildman–Crippen LogP) is 3.05. The fourth-order valence-electron chi connectivity index (χ4n) is 2.40. The van der Waals surface area contributed by atoms with Gasteiger partial charge in [0.1, 0.15) is 5.75 Å². The molecule has 2 aromatic rings. The van der Waals surface area contributed by atoms with Crippen LogP contribution in [0.5, 0.6) is 5.75 Å². The van der Waals surface area contributed by atoms with Gasteiger partial charge in [-0.1, -0.05) is 17.7 Å². The molecule has 0 aromatic heterocycles. The molecule has 1 saturated heterocycles. The minimum atomic E-state index is -0.336. The van der Waals surface area contributed by atoms with Gasteiger partial charge in [-0.2, -0.15) is 0 Å². The van der Waals surface area contributed by atoms with E-state index in [1.165, 1.54) is 0 Å². The molecule has 0 spiro atoms. The maximum absolute atomic E-state index is 12.1. The molecule has 0 atom stereocenters. The van der Waals surface area contributed by atoms with Crippen LogP contribution >= 0.6 is 0 Å². The lowest BCUT2D eigenvalue weighted by molar-refractivity contribution is 0.0734. The average Bonchev–Trinajstić information content (AvgIpc) is 2.58. The van der Waals surface area contributed by atoms with Gasteiger partial charge in [-0.15, -0.1) is 0 Å². The van der Waals surface area contributed by atoms with Crippen LogP contribution in [0.15, 0.2) is 48.5 Å². The summed E-state index contributed by atoms with van der Waals surface area (Å²) in [6.07, 6.45) is 0. The minimum absolute atomic E-state index is 0.336. The number of rotatable bonds is 3. The molecule has 0 aliphatic carbocycles. The predicted molar refractivity (Wildman–Crippen MR) is 85.6 cm³/mol. The van der Waals surface area contributed by atoms with E-state index in [0.717, 1.165) is 37.6 Å². The van der Waals surface area contributed by atoms with Gasteiger partial charge in [0, 0.05) is 18.8 Å². The number of nitrogens with zero attached hydrogens (tertiary/aromatic N) is 1. The van der Waals surface area contributed by atoms with Gasteiger partial charge >= 0.3 is 5.97 Å². The first-order chi connectivity index (χ1) is 10.7. The zero-order chi connectivity index (χ0) is 15.4. The summed E-state index contributed by atoms with van der Waals surface area (Å²) in [5, 5.41) is 0. The standard InChI is InChI=1S/C18H19NO3/c1-14-2-8-17(9-3-14)22-18(20)15-4-6-16(7-5-15)19-10-12-21-13-11-19/h2-9H,10-13H2,1H3. The van der Waals surface area contributed by atoms with E-state index >= 15 is 0 Å². The number of carbonyl (C=O) groups excluding carboxylic acids is 1. The lowest BCUT2D eigenvalue weighted by atomic mass is 10.2. The van der Waals surface area contributed by atoms with Gasteiger partial charge in [0.2, 0.25) is 0 Å². The van der Waals surface area contributed by atoms with Crippen molar-refractivity contribution < 1.29 is 14.3 Å². The highest BCUT2D eigenvalue weighted by Gasteiger charge is 2.13. The Balaban J connectivity index is 1.66. The lowest BCUT2D eigenvalue weighted by Gasteiger charge is -2.28. The molecule has 0 N–H and O–H groups in total. The molecule has 0 radical (unpaired) electrons. The van der Waals surface area contributed by atoms with Gasteiger partial charge in [0.25, 0.3) is 0 Å². The highest BCUT2D eigenvalue weighted by atomic mass is 16.5. The Morgan fingerprint density at radius 3 is 2.27 bits per heavy atom. The average molecular weight is 297 g/mol. The van der Waals surface area contributed by atoms with Gasteiger partial charge in [0.05, 0.1) is 18.8 Å². The van der Waals surface area contributed by atoms with E-state index in [0.29, 0.717) is 11.3 Å². The van der Waals surface area contributed by atoms with Crippen molar-refractivity contribution in [1.82, 2.24) is 0 Å². The van der Waals surface area contributed by atoms with Crippen molar-refractivity contribution in [3.8, 4) is 5.75 Å². The molecule has 2 aromatic carbocycles. The van der Waals surface area contributed by atoms with Gasteiger partial charge in [-0.3, -0.25) is 0 Å². The molecule has 0 saturated carbocycles. The summed E-state index contributed by atoms with van der Waals surface area (Å²) in [5.41, 5.74) is 2.79. The van der Waals surface area contributed by atoms with Crippen molar-refractivity contribution in [1.29, 1.82) is 0 Å². The van der Waals surface area contributed by atoms with Crippen LogP contribution < -0.4 is 9.64 Å². The van der Waals surface area contributed by atoms with Crippen molar-refractivity contribution in [2.75, 3.05) is 31.2 Å². The van der Waals surface area contributed by atoms with Gasteiger partial charge in [-0.25, -0.2) is 4.79 Å². The molecule has 22 heavy (non-hydrogen) atoms. The van der Waals surface area contributed by atoms with E-state index in [-0.39, 0.29) is 5.97 Å². The summed E-state index contributed by atoms with van der Waals surface area (Å²) in [4.78, 5) is 14.4. The van der Waals surface area contributed by atoms with Crippen LogP contribution in [0.1, 0.15) is 15.9 Å². The van der Waals surface area contributed by atoms with Crippen LogP contribution in [0, 0.1) is 6.92 Å². The Kier molecular flexibility index (Phi) is 4.39. The van der Waals surface area contributed by atoms with Crippen molar-refractivity contribution in [2.24, 2.45) is 0 Å². The summed E-state index contributed by atoms with van der Waals surface area (Å²) in [7, 11) is 0. The molecule has 4 nitrogen and oxygen atoms in total. The number of hydrogen-bond acceptors (Lipinski definition) is 4. The summed E-state index contributed by atoms with van der Waals surface area (Å²) in [6.45, 7) is 5.25. The number of aryl methyl sites for hydroxylation is 1. The number of anilines is 1. The lowest BCUT2D eigenvalue weighted by Crippen LogP contribution is -2.36. The van der Waals surface area contributed by atoms with Crippen LogP contribution in [-0.2, 0) is 4.74 Å². The maximum Gasteiger partial charge on any atom is 0.343 e. The van der Waals surface area contributed by atoms with Crippen LogP contribution in [0.4, 0.5) is 5.69 Å². The van der Waals surface area contributed by atoms with Crippen molar-refractivity contribution >= 4 is 11.7 Å². The number of ether oxygens (including phenoxy) is 2. The Morgan fingerprint density at radius 1 is 1.00 bits per heavy atom. The number of carbonyl (C=O) groups is 1. The molecule has 1 aliphatic heterocycles. The van der Waals surface area contributed by atoms with Gasteiger partial charge in [-0.05, 0) is 43.3 Å². The second-order valence-corrected chi connectivity index (χ2v) is 5.35. The number of benzene rings is 2. The van der Waals surface area contributed by atoms with Crippen LogP contribution in [0.3, 0.4) is 0 Å². The summed E-state index contributed by atoms with van der Waals surface area (Å²) < 4.78 is 10.7. The zero-order valence-corrected chi connectivity index (χ0v) is 12.6. The number of esters is 1. The second kappa shape index (κ2) is 6.62. The Morgan fingerprint density at radius 2 is 1.64 bits per heavy atom. The maximum atomic E-state index is 12.1. The topological polar surface area (TPSA) is 38.8 Å². The first kappa shape index (κ1) is 14.6. The molecule has 0 unspecified atom stereocenters. The summed E-state index contributed by atoms with van der Waals surface area (Å²) >= 11 is 0. The second-order valence-electron chi connectivity index (χ2n) is 5.35. The monoisotopic (exact) mass is 297 g/mol. The highest BCUT2D eigenvalue weighted by Crippen LogP contribution is 2.18. The van der Waals surface area contributed by atoms with Crippen molar-refractivity contribution in [3.63, 3.8) is 0 Å². The first-order valence-corrected chi connectivity index (χ1v) is 7.44. The Bertz CT molecular complexity index is 628. The largest absolute Gasteiger partial charge is 0.423 e. The van der Waals surface area contributed by atoms with Gasteiger partial charge in [0.15, 0.2) is 0 Å². The van der Waals surface area contributed by atoms with E-state index in [4.69, 9.17) is 9.47 Å². The van der Waals surface area contributed by atoms with E-state index in [9.17, 15) is 4.79 Å². The van der Waals surface area contributed by atoms with Crippen LogP contribution in [0.25, 0.3) is 0 Å². The summed E-state index contributed by atoms with van der Waals surface area (Å²) in [6, 6.07) is 15.0. The molecule has 1 fully saturated rings. The fourth-order valence-corrected chi connectivity index (χ4v) is 2.40. The highest BCUT2D eigenvalue weighted by molar-refractivity contribution is 5.91. The van der Waals surface area contributed by atoms with Crippen LogP contribution in [-0.4, -0.2) is 32.3 Å². The SMILES string of the molecule is Cc1ccc(OC(=O)c2ccc(N3CCOCC3)cc2)cc1. The first-order valence-electron chi connectivity index (χ1n) is 7.44. The van der Waals surface area contributed by atoms with E-state index in [1.54, 1.807) is 24.3 Å². The molecular weight excluding hydrogens is 278 g/mol. The zero-order valence-electron chi connectivity index (χ0n) is 12.6. The number of hydrogen-bond donors (Lipinski definition) is 0. The molecule has 4 heteroatoms. The quantitative estimate of drug-likeness (QED) is 0.645. The normalized spacial score (nSPS) is 14.7. The van der Waals surface area contributed by atoms with E-state index < -0.39 is 0 Å². The molecule has 1 heterocycles. The minimum Gasteiger partial charge on any atom is -0.423 e.